The minimum Gasteiger partial charge on any atom is -0.506 e. The first-order valence-electron chi connectivity index (χ1n) is 5.78. The molecule has 2 rings (SSSR count). The van der Waals surface area contributed by atoms with Crippen molar-refractivity contribution in [3.63, 3.8) is 0 Å². The number of phenolic OH excluding ortho intramolecular Hbond substituents is 1. The van der Waals surface area contributed by atoms with E-state index in [9.17, 15) is 5.11 Å². The summed E-state index contributed by atoms with van der Waals surface area (Å²) >= 11 is 11.8. The van der Waals surface area contributed by atoms with E-state index in [4.69, 9.17) is 23.2 Å². The molecule has 2 N–H and O–H groups in total. The van der Waals surface area contributed by atoms with Gasteiger partial charge in [0, 0.05) is 17.1 Å². The molecule has 0 amide bonds. The van der Waals surface area contributed by atoms with E-state index in [1.54, 1.807) is 12.1 Å². The van der Waals surface area contributed by atoms with Crippen LogP contribution in [0.3, 0.4) is 0 Å². The number of phenols is 1. The zero-order valence-corrected chi connectivity index (χ0v) is 11.6. The third-order valence-corrected chi connectivity index (χ3v) is 4.04. The highest BCUT2D eigenvalue weighted by Crippen LogP contribution is 2.51. The van der Waals surface area contributed by atoms with Crippen LogP contribution in [0.25, 0.3) is 0 Å². The van der Waals surface area contributed by atoms with E-state index < -0.39 is 0 Å². The van der Waals surface area contributed by atoms with Gasteiger partial charge >= 0.3 is 0 Å². The molecule has 1 aromatic carbocycles. The molecule has 1 unspecified atom stereocenters. The lowest BCUT2D eigenvalue weighted by atomic mass is 10.1. The number of hydrogen-bond donors (Lipinski definition) is 2. The lowest BCUT2D eigenvalue weighted by Crippen LogP contribution is -2.18. The molecule has 94 valence electrons. The van der Waals surface area contributed by atoms with Crippen LogP contribution in [0.4, 0.5) is 0 Å². The molecule has 0 saturated heterocycles. The topological polar surface area (TPSA) is 32.3 Å². The summed E-state index contributed by atoms with van der Waals surface area (Å²) in [5.41, 5.74) is 1.22. The zero-order chi connectivity index (χ0) is 12.6. The van der Waals surface area contributed by atoms with Crippen molar-refractivity contribution in [2.75, 3.05) is 6.54 Å². The smallest absolute Gasteiger partial charge is 0.138 e. The molecule has 1 aromatic rings. The fourth-order valence-corrected chi connectivity index (χ4v) is 2.60. The van der Waals surface area contributed by atoms with Gasteiger partial charge in [0.1, 0.15) is 5.75 Å². The summed E-state index contributed by atoms with van der Waals surface area (Å²) in [6.45, 7) is 6.11. The lowest BCUT2D eigenvalue weighted by Gasteiger charge is -2.09. The fraction of sp³-hybridized carbons (Fsp3) is 0.538. The average molecular weight is 274 g/mol. The molecule has 1 atom stereocenters. The molecule has 0 aliphatic heterocycles. The molecule has 2 nitrogen and oxygen atoms in total. The third kappa shape index (κ3) is 3.06. The Morgan fingerprint density at radius 1 is 1.41 bits per heavy atom. The van der Waals surface area contributed by atoms with Crippen molar-refractivity contribution in [1.29, 1.82) is 0 Å². The highest BCUT2D eigenvalue weighted by atomic mass is 35.5. The van der Waals surface area contributed by atoms with Crippen LogP contribution in [0.15, 0.2) is 12.1 Å². The van der Waals surface area contributed by atoms with Crippen molar-refractivity contribution in [3.8, 4) is 5.75 Å². The van der Waals surface area contributed by atoms with Crippen LogP contribution in [-0.2, 0) is 6.54 Å². The van der Waals surface area contributed by atoms with E-state index in [1.165, 1.54) is 6.42 Å². The molecule has 0 heterocycles. The van der Waals surface area contributed by atoms with Gasteiger partial charge in [0.25, 0.3) is 0 Å². The van der Waals surface area contributed by atoms with Gasteiger partial charge in [0.2, 0.25) is 0 Å². The van der Waals surface area contributed by atoms with E-state index in [0.29, 0.717) is 22.0 Å². The second-order valence-electron chi connectivity index (χ2n) is 5.42. The minimum atomic E-state index is 0.124. The van der Waals surface area contributed by atoms with E-state index >= 15 is 0 Å². The van der Waals surface area contributed by atoms with Crippen LogP contribution >= 0.6 is 23.2 Å². The normalized spacial score (nSPS) is 21.5. The van der Waals surface area contributed by atoms with Crippen LogP contribution in [0, 0.1) is 11.3 Å². The summed E-state index contributed by atoms with van der Waals surface area (Å²) in [6, 6.07) is 3.29. The van der Waals surface area contributed by atoms with Crippen LogP contribution < -0.4 is 5.32 Å². The van der Waals surface area contributed by atoms with E-state index in [2.05, 4.69) is 19.2 Å². The Balaban J connectivity index is 1.91. The largest absolute Gasteiger partial charge is 0.506 e. The van der Waals surface area contributed by atoms with Crippen molar-refractivity contribution in [2.45, 2.75) is 26.8 Å². The number of benzene rings is 1. The second kappa shape index (κ2) is 4.68. The minimum absolute atomic E-state index is 0.124. The van der Waals surface area contributed by atoms with Crippen LogP contribution in [0.5, 0.6) is 5.75 Å². The average Bonchev–Trinajstić information content (AvgIpc) is 2.82. The molecule has 0 radical (unpaired) electrons. The molecule has 1 fully saturated rings. The highest BCUT2D eigenvalue weighted by Gasteiger charge is 2.44. The van der Waals surface area contributed by atoms with Crippen LogP contribution in [-0.4, -0.2) is 11.7 Å². The summed E-state index contributed by atoms with van der Waals surface area (Å²) in [6.07, 6.45) is 1.27. The van der Waals surface area contributed by atoms with E-state index in [-0.39, 0.29) is 5.75 Å². The summed E-state index contributed by atoms with van der Waals surface area (Å²) < 4.78 is 0. The number of nitrogens with one attached hydrogen (secondary N) is 1. The Labute approximate surface area is 112 Å². The molecule has 0 aromatic heterocycles. The standard InChI is InChI=1S/C13H17Cl2NO/c1-13(2)5-9(13)7-16-6-8-3-10(14)4-11(15)12(8)17/h3-4,9,16-17H,5-7H2,1-2H3. The second-order valence-corrected chi connectivity index (χ2v) is 6.26. The van der Waals surface area contributed by atoms with Gasteiger partial charge in [-0.25, -0.2) is 0 Å². The van der Waals surface area contributed by atoms with Crippen molar-refractivity contribution < 1.29 is 5.11 Å². The molecule has 1 aliphatic rings. The SMILES string of the molecule is CC1(C)CC1CNCc1cc(Cl)cc(Cl)c1O. The lowest BCUT2D eigenvalue weighted by molar-refractivity contribution is 0.461. The third-order valence-electron chi connectivity index (χ3n) is 3.53. The Hall–Kier alpha value is -0.440. The number of hydrogen-bond acceptors (Lipinski definition) is 2. The van der Waals surface area contributed by atoms with Gasteiger partial charge in [-0.1, -0.05) is 37.0 Å². The van der Waals surface area contributed by atoms with E-state index in [1.807, 2.05) is 0 Å². The first-order valence-corrected chi connectivity index (χ1v) is 6.53. The molecule has 0 bridgehead atoms. The van der Waals surface area contributed by atoms with Crippen LogP contribution in [0.1, 0.15) is 25.8 Å². The van der Waals surface area contributed by atoms with Gasteiger partial charge in [-0.15, -0.1) is 0 Å². The maximum absolute atomic E-state index is 9.77. The Morgan fingerprint density at radius 2 is 2.06 bits per heavy atom. The Kier molecular flexibility index (Phi) is 3.58. The maximum Gasteiger partial charge on any atom is 0.138 e. The first kappa shape index (κ1) is 13.0. The molecule has 17 heavy (non-hydrogen) atoms. The van der Waals surface area contributed by atoms with E-state index in [0.717, 1.165) is 18.0 Å². The fourth-order valence-electron chi connectivity index (χ4n) is 2.06. The van der Waals surface area contributed by atoms with Gasteiger partial charge in [-0.05, 0) is 36.4 Å². The van der Waals surface area contributed by atoms with Crippen molar-refractivity contribution >= 4 is 23.2 Å². The van der Waals surface area contributed by atoms with Gasteiger partial charge in [-0.3, -0.25) is 0 Å². The van der Waals surface area contributed by atoms with Crippen molar-refractivity contribution in [3.05, 3.63) is 27.7 Å². The molecular weight excluding hydrogens is 257 g/mol. The first-order chi connectivity index (χ1) is 7.90. The predicted molar refractivity (Wildman–Crippen MR) is 71.7 cm³/mol. The molecule has 0 spiro atoms. The number of halogens is 2. The zero-order valence-electron chi connectivity index (χ0n) is 10.1. The highest BCUT2D eigenvalue weighted by molar-refractivity contribution is 6.35. The summed E-state index contributed by atoms with van der Waals surface area (Å²) in [4.78, 5) is 0. The monoisotopic (exact) mass is 273 g/mol. The Bertz CT molecular complexity index is 432. The maximum atomic E-state index is 9.77. The molecular formula is C13H17Cl2NO. The van der Waals surface area contributed by atoms with Gasteiger partial charge in [0.15, 0.2) is 0 Å². The summed E-state index contributed by atoms with van der Waals surface area (Å²) in [7, 11) is 0. The van der Waals surface area contributed by atoms with Crippen molar-refractivity contribution in [1.82, 2.24) is 5.32 Å². The number of rotatable bonds is 4. The van der Waals surface area contributed by atoms with Gasteiger partial charge in [-0.2, -0.15) is 0 Å². The Morgan fingerprint density at radius 3 is 2.65 bits per heavy atom. The summed E-state index contributed by atoms with van der Waals surface area (Å²) in [5, 5.41) is 14.0. The van der Waals surface area contributed by atoms with Crippen molar-refractivity contribution in [2.24, 2.45) is 11.3 Å². The molecule has 1 aliphatic carbocycles. The predicted octanol–water partition coefficient (Wildman–Crippen LogP) is 3.83. The molecule has 1 saturated carbocycles. The van der Waals surface area contributed by atoms with Gasteiger partial charge < -0.3 is 10.4 Å². The molecule has 4 heteroatoms. The summed E-state index contributed by atoms with van der Waals surface area (Å²) in [5.74, 6) is 0.859. The van der Waals surface area contributed by atoms with Gasteiger partial charge in [0.05, 0.1) is 5.02 Å². The number of aromatic hydroxyl groups is 1. The van der Waals surface area contributed by atoms with Crippen LogP contribution in [0.2, 0.25) is 10.0 Å². The quantitative estimate of drug-likeness (QED) is 0.874.